The van der Waals surface area contributed by atoms with Crippen LogP contribution in [0.5, 0.6) is 0 Å². The normalized spacial score (nSPS) is 18.2. The van der Waals surface area contributed by atoms with Crippen LogP contribution >= 0.6 is 0 Å². The third-order valence-electron chi connectivity index (χ3n) is 3.91. The van der Waals surface area contributed by atoms with Gasteiger partial charge in [0.15, 0.2) is 0 Å². The van der Waals surface area contributed by atoms with E-state index in [9.17, 15) is 4.79 Å². The number of hydrogen-bond acceptors (Lipinski definition) is 3. The number of nitrogens with zero attached hydrogens (tertiary/aromatic N) is 2. The van der Waals surface area contributed by atoms with Crippen molar-refractivity contribution < 1.29 is 9.53 Å². The molecule has 1 amide bonds. The summed E-state index contributed by atoms with van der Waals surface area (Å²) in [5, 5.41) is 0. The molecule has 0 spiro atoms. The number of rotatable bonds is 7. The first-order valence-electron chi connectivity index (χ1n) is 8.62. The highest BCUT2D eigenvalue weighted by Crippen LogP contribution is 2.18. The molecule has 132 valence electrons. The van der Waals surface area contributed by atoms with Crippen LogP contribution < -0.4 is 4.90 Å². The summed E-state index contributed by atoms with van der Waals surface area (Å²) in [6.45, 7) is 9.00. The second kappa shape index (κ2) is 9.74. The van der Waals surface area contributed by atoms with Crippen LogP contribution in [-0.4, -0.2) is 30.1 Å². The Balaban J connectivity index is 2.14. The molecular weight excluding hydrogens is 312 g/mol. The number of ether oxygens (including phenoxy) is 1. The van der Waals surface area contributed by atoms with E-state index in [-0.39, 0.29) is 12.0 Å². The zero-order valence-electron chi connectivity index (χ0n) is 15.0. The van der Waals surface area contributed by atoms with Crippen LogP contribution in [-0.2, 0) is 9.53 Å². The Morgan fingerprint density at radius 3 is 2.76 bits per heavy atom. The highest BCUT2D eigenvalue weighted by Gasteiger charge is 2.23. The average Bonchev–Trinajstić information content (AvgIpc) is 3.13. The summed E-state index contributed by atoms with van der Waals surface area (Å²) in [6.07, 6.45) is 13.0. The van der Waals surface area contributed by atoms with Gasteiger partial charge in [-0.3, -0.25) is 9.69 Å². The number of aromatic nitrogens is 1. The summed E-state index contributed by atoms with van der Waals surface area (Å²) in [7, 11) is 0. The monoisotopic (exact) mass is 338 g/mol. The Kier molecular flexibility index (Phi) is 7.36. The van der Waals surface area contributed by atoms with E-state index in [1.807, 2.05) is 56.4 Å². The van der Waals surface area contributed by atoms with E-state index < -0.39 is 0 Å². The van der Waals surface area contributed by atoms with Crippen molar-refractivity contribution >= 4 is 11.7 Å². The molecule has 0 aliphatic carbocycles. The molecule has 2 heterocycles. The van der Waals surface area contributed by atoms with Gasteiger partial charge in [0.2, 0.25) is 0 Å². The van der Waals surface area contributed by atoms with Crippen molar-refractivity contribution in [1.82, 2.24) is 4.98 Å². The van der Waals surface area contributed by atoms with Crippen molar-refractivity contribution in [3.63, 3.8) is 0 Å². The Bertz CT molecular complexity index is 668. The predicted octanol–water partition coefficient (Wildman–Crippen LogP) is 4.23. The van der Waals surface area contributed by atoms with Crippen molar-refractivity contribution in [1.29, 1.82) is 0 Å². The SMILES string of the molecule is C=C(C)\C=C/C(/C=C/C(=O)N(CC1CCCO1)c1ccccn1)=C\C. The van der Waals surface area contributed by atoms with Crippen molar-refractivity contribution in [2.24, 2.45) is 0 Å². The van der Waals surface area contributed by atoms with Crippen molar-refractivity contribution in [3.05, 3.63) is 72.5 Å². The van der Waals surface area contributed by atoms with Crippen LogP contribution in [0, 0.1) is 0 Å². The number of carbonyl (C=O) groups excluding carboxylic acids is 1. The first-order chi connectivity index (χ1) is 12.1. The van der Waals surface area contributed by atoms with Crippen LogP contribution in [0.15, 0.2) is 72.5 Å². The van der Waals surface area contributed by atoms with E-state index in [4.69, 9.17) is 4.74 Å². The molecule has 1 aliphatic heterocycles. The third-order valence-corrected chi connectivity index (χ3v) is 3.91. The average molecular weight is 338 g/mol. The van der Waals surface area contributed by atoms with Gasteiger partial charge < -0.3 is 4.74 Å². The smallest absolute Gasteiger partial charge is 0.252 e. The second-order valence-corrected chi connectivity index (χ2v) is 6.07. The largest absolute Gasteiger partial charge is 0.376 e. The zero-order valence-corrected chi connectivity index (χ0v) is 15.0. The molecule has 4 nitrogen and oxygen atoms in total. The molecule has 1 aromatic heterocycles. The fraction of sp³-hybridized carbons (Fsp3) is 0.333. The molecule has 0 bridgehead atoms. The van der Waals surface area contributed by atoms with E-state index in [0.717, 1.165) is 30.6 Å². The van der Waals surface area contributed by atoms with Crippen LogP contribution in [0.2, 0.25) is 0 Å². The van der Waals surface area contributed by atoms with Gasteiger partial charge in [-0.25, -0.2) is 4.98 Å². The summed E-state index contributed by atoms with van der Waals surface area (Å²) in [4.78, 5) is 18.8. The fourth-order valence-corrected chi connectivity index (χ4v) is 2.55. The first kappa shape index (κ1) is 18.9. The molecule has 0 N–H and O–H groups in total. The molecule has 2 rings (SSSR count). The van der Waals surface area contributed by atoms with Gasteiger partial charge in [-0.1, -0.05) is 36.4 Å². The van der Waals surface area contributed by atoms with Gasteiger partial charge in [0.05, 0.1) is 12.6 Å². The minimum absolute atomic E-state index is 0.0730. The lowest BCUT2D eigenvalue weighted by Crippen LogP contribution is -2.37. The zero-order chi connectivity index (χ0) is 18.1. The maximum atomic E-state index is 12.8. The van der Waals surface area contributed by atoms with Gasteiger partial charge in [0.25, 0.3) is 5.91 Å². The molecular formula is C21H26N2O2. The number of hydrogen-bond donors (Lipinski definition) is 0. The van der Waals surface area contributed by atoms with Gasteiger partial charge in [0.1, 0.15) is 5.82 Å². The van der Waals surface area contributed by atoms with Crippen molar-refractivity contribution in [2.75, 3.05) is 18.1 Å². The lowest BCUT2D eigenvalue weighted by atomic mass is 10.1. The molecule has 0 radical (unpaired) electrons. The number of allylic oxidation sites excluding steroid dienone is 6. The molecule has 25 heavy (non-hydrogen) atoms. The number of anilines is 1. The number of carbonyl (C=O) groups is 1. The maximum absolute atomic E-state index is 12.8. The standard InChI is InChI=1S/C21H26N2O2/c1-4-18(11-10-17(2)3)12-13-21(24)23(16-19-8-7-15-25-19)20-9-5-6-14-22-20/h4-6,9-14,19H,2,7-8,15-16H2,1,3H3/b11-10-,13-12+,18-4+. The second-order valence-electron chi connectivity index (χ2n) is 6.07. The number of pyridine rings is 1. The summed E-state index contributed by atoms with van der Waals surface area (Å²) >= 11 is 0. The van der Waals surface area contributed by atoms with E-state index in [0.29, 0.717) is 12.4 Å². The van der Waals surface area contributed by atoms with E-state index >= 15 is 0 Å². The van der Waals surface area contributed by atoms with Crippen LogP contribution in [0.25, 0.3) is 0 Å². The van der Waals surface area contributed by atoms with Crippen LogP contribution in [0.4, 0.5) is 5.82 Å². The highest BCUT2D eigenvalue weighted by atomic mass is 16.5. The fourth-order valence-electron chi connectivity index (χ4n) is 2.55. The molecule has 4 heteroatoms. The third kappa shape index (κ3) is 6.16. The minimum atomic E-state index is -0.0997. The van der Waals surface area contributed by atoms with Crippen LogP contribution in [0.1, 0.15) is 26.7 Å². The number of amides is 1. The van der Waals surface area contributed by atoms with Crippen LogP contribution in [0.3, 0.4) is 0 Å². The molecule has 1 aromatic rings. The van der Waals surface area contributed by atoms with E-state index in [1.54, 1.807) is 17.2 Å². The van der Waals surface area contributed by atoms with Crippen molar-refractivity contribution in [2.45, 2.75) is 32.8 Å². The molecule has 1 atom stereocenters. The molecule has 1 fully saturated rings. The van der Waals surface area contributed by atoms with Crippen molar-refractivity contribution in [3.8, 4) is 0 Å². The predicted molar refractivity (Wildman–Crippen MR) is 102 cm³/mol. The Labute approximate surface area is 150 Å². The Morgan fingerprint density at radius 1 is 1.36 bits per heavy atom. The van der Waals surface area contributed by atoms with Gasteiger partial charge in [-0.2, -0.15) is 0 Å². The lowest BCUT2D eigenvalue weighted by Gasteiger charge is -2.23. The quantitative estimate of drug-likeness (QED) is 0.552. The molecule has 0 aromatic carbocycles. The summed E-state index contributed by atoms with van der Waals surface area (Å²) < 4.78 is 5.69. The Morgan fingerprint density at radius 2 is 2.16 bits per heavy atom. The van der Waals surface area contributed by atoms with E-state index in [2.05, 4.69) is 11.6 Å². The highest BCUT2D eigenvalue weighted by molar-refractivity contribution is 6.01. The minimum Gasteiger partial charge on any atom is -0.376 e. The van der Waals surface area contributed by atoms with Gasteiger partial charge in [-0.05, 0) is 50.5 Å². The molecule has 1 saturated heterocycles. The maximum Gasteiger partial charge on any atom is 0.252 e. The summed E-state index contributed by atoms with van der Waals surface area (Å²) in [6, 6.07) is 5.57. The summed E-state index contributed by atoms with van der Waals surface area (Å²) in [5.41, 5.74) is 1.92. The first-order valence-corrected chi connectivity index (χ1v) is 8.62. The van der Waals surface area contributed by atoms with E-state index in [1.165, 1.54) is 0 Å². The molecule has 0 saturated carbocycles. The lowest BCUT2D eigenvalue weighted by molar-refractivity contribution is -0.114. The van der Waals surface area contributed by atoms with Gasteiger partial charge in [0, 0.05) is 18.9 Å². The topological polar surface area (TPSA) is 42.4 Å². The van der Waals surface area contributed by atoms with Gasteiger partial charge in [-0.15, -0.1) is 0 Å². The molecule has 1 aliphatic rings. The Hall–Kier alpha value is -2.46. The summed E-state index contributed by atoms with van der Waals surface area (Å²) in [5.74, 6) is 0.546. The van der Waals surface area contributed by atoms with Gasteiger partial charge >= 0.3 is 0 Å². The molecule has 1 unspecified atom stereocenters.